The third-order valence-electron chi connectivity index (χ3n) is 2.79. The van der Waals surface area contributed by atoms with E-state index in [-0.39, 0.29) is 11.2 Å². The fourth-order valence-corrected chi connectivity index (χ4v) is 2.11. The lowest BCUT2D eigenvalue weighted by Gasteiger charge is -2.18. The Hall–Kier alpha value is -1.69. The van der Waals surface area contributed by atoms with E-state index in [1.165, 1.54) is 19.2 Å². The van der Waals surface area contributed by atoms with E-state index in [0.717, 1.165) is 0 Å². The van der Waals surface area contributed by atoms with Gasteiger partial charge < -0.3 is 10.1 Å². The van der Waals surface area contributed by atoms with Gasteiger partial charge in [-0.3, -0.25) is 0 Å². The largest absolute Gasteiger partial charge is 0.494 e. The number of nitrogens with zero attached hydrogens (tertiary/aromatic N) is 2. The third-order valence-corrected chi connectivity index (χ3v) is 3.20. The number of methoxy groups -OCH3 is 1. The SMILES string of the molecule is COc1cc(F)ccc1Nc1cc(Br)nc(C(C)(C)C)n1. The van der Waals surface area contributed by atoms with Crippen LogP contribution in [-0.4, -0.2) is 17.1 Å². The van der Waals surface area contributed by atoms with Gasteiger partial charge in [-0.15, -0.1) is 0 Å². The fraction of sp³-hybridized carbons (Fsp3) is 0.333. The Morgan fingerprint density at radius 2 is 1.90 bits per heavy atom. The number of anilines is 2. The fourth-order valence-electron chi connectivity index (χ4n) is 1.72. The van der Waals surface area contributed by atoms with E-state index in [4.69, 9.17) is 4.74 Å². The summed E-state index contributed by atoms with van der Waals surface area (Å²) in [5.41, 5.74) is 0.469. The second-order valence-electron chi connectivity index (χ2n) is 5.62. The van der Waals surface area contributed by atoms with Crippen molar-refractivity contribution in [2.24, 2.45) is 0 Å². The second-order valence-corrected chi connectivity index (χ2v) is 6.43. The molecule has 0 aliphatic rings. The van der Waals surface area contributed by atoms with Crippen molar-refractivity contribution in [3.8, 4) is 5.75 Å². The molecule has 0 unspecified atom stereocenters. The standard InChI is InChI=1S/C15H17BrFN3O/c1-15(2,3)14-19-12(16)8-13(20-14)18-10-6-5-9(17)7-11(10)21-4/h5-8H,1-4H3,(H,18,19,20). The first kappa shape index (κ1) is 15.7. The highest BCUT2D eigenvalue weighted by atomic mass is 79.9. The lowest BCUT2D eigenvalue weighted by atomic mass is 9.96. The maximum atomic E-state index is 13.2. The predicted molar refractivity (Wildman–Crippen MR) is 84.7 cm³/mol. The summed E-state index contributed by atoms with van der Waals surface area (Å²) in [4.78, 5) is 8.87. The zero-order valence-electron chi connectivity index (χ0n) is 12.4. The average Bonchev–Trinajstić information content (AvgIpc) is 2.39. The van der Waals surface area contributed by atoms with Crippen LogP contribution in [0, 0.1) is 5.82 Å². The van der Waals surface area contributed by atoms with E-state index in [1.807, 2.05) is 20.8 Å². The zero-order chi connectivity index (χ0) is 15.6. The highest BCUT2D eigenvalue weighted by Gasteiger charge is 2.19. The molecule has 0 bridgehead atoms. The molecule has 0 saturated heterocycles. The van der Waals surface area contributed by atoms with Crippen LogP contribution in [0.2, 0.25) is 0 Å². The minimum Gasteiger partial charge on any atom is -0.494 e. The maximum absolute atomic E-state index is 13.2. The van der Waals surface area contributed by atoms with Crippen molar-refractivity contribution in [2.45, 2.75) is 26.2 Å². The van der Waals surface area contributed by atoms with Gasteiger partial charge in [0.25, 0.3) is 0 Å². The summed E-state index contributed by atoms with van der Waals surface area (Å²) in [6.45, 7) is 6.12. The molecule has 0 aliphatic carbocycles. The number of halogens is 2. The van der Waals surface area contributed by atoms with E-state index >= 15 is 0 Å². The monoisotopic (exact) mass is 353 g/mol. The topological polar surface area (TPSA) is 47.0 Å². The van der Waals surface area contributed by atoms with Crippen LogP contribution in [-0.2, 0) is 5.41 Å². The minimum absolute atomic E-state index is 0.174. The summed E-state index contributed by atoms with van der Waals surface area (Å²) >= 11 is 3.38. The van der Waals surface area contributed by atoms with E-state index in [1.54, 1.807) is 12.1 Å². The Morgan fingerprint density at radius 3 is 2.52 bits per heavy atom. The summed E-state index contributed by atoms with van der Waals surface area (Å²) in [7, 11) is 1.50. The van der Waals surface area contributed by atoms with Crippen LogP contribution >= 0.6 is 15.9 Å². The first-order chi connectivity index (χ1) is 9.79. The molecule has 0 atom stereocenters. The molecule has 2 aromatic rings. The van der Waals surface area contributed by atoms with E-state index in [9.17, 15) is 4.39 Å². The molecule has 21 heavy (non-hydrogen) atoms. The van der Waals surface area contributed by atoms with Gasteiger partial charge in [-0.25, -0.2) is 14.4 Å². The van der Waals surface area contributed by atoms with Crippen molar-refractivity contribution >= 4 is 27.4 Å². The Balaban J connectivity index is 2.38. The minimum atomic E-state index is -0.350. The van der Waals surface area contributed by atoms with Gasteiger partial charge in [0.05, 0.1) is 12.8 Å². The van der Waals surface area contributed by atoms with Gasteiger partial charge in [-0.1, -0.05) is 20.8 Å². The van der Waals surface area contributed by atoms with Gasteiger partial charge >= 0.3 is 0 Å². The van der Waals surface area contributed by atoms with Gasteiger partial charge in [0.15, 0.2) is 0 Å². The molecule has 0 spiro atoms. The molecule has 0 amide bonds. The molecule has 0 radical (unpaired) electrons. The predicted octanol–water partition coefficient (Wildman–Crippen LogP) is 4.43. The van der Waals surface area contributed by atoms with Crippen molar-refractivity contribution in [2.75, 3.05) is 12.4 Å². The molecule has 0 saturated carbocycles. The number of ether oxygens (including phenoxy) is 1. The summed E-state index contributed by atoms with van der Waals surface area (Å²) in [6, 6.07) is 6.06. The molecule has 2 rings (SSSR count). The Labute approximate surface area is 131 Å². The van der Waals surface area contributed by atoms with Crippen molar-refractivity contribution < 1.29 is 9.13 Å². The number of benzene rings is 1. The number of nitrogens with one attached hydrogen (secondary N) is 1. The lowest BCUT2D eigenvalue weighted by molar-refractivity contribution is 0.413. The number of aromatic nitrogens is 2. The molecule has 112 valence electrons. The van der Waals surface area contributed by atoms with Crippen molar-refractivity contribution in [1.29, 1.82) is 0 Å². The average molecular weight is 354 g/mol. The van der Waals surface area contributed by atoms with Crippen LogP contribution in [0.4, 0.5) is 15.9 Å². The van der Waals surface area contributed by atoms with Gasteiger partial charge in [-0.05, 0) is 28.1 Å². The van der Waals surface area contributed by atoms with Crippen molar-refractivity contribution in [1.82, 2.24) is 9.97 Å². The Morgan fingerprint density at radius 1 is 1.19 bits per heavy atom. The molecule has 4 nitrogen and oxygen atoms in total. The molecule has 6 heteroatoms. The molecule has 0 fully saturated rings. The van der Waals surface area contributed by atoms with Crippen LogP contribution in [0.3, 0.4) is 0 Å². The van der Waals surface area contributed by atoms with Crippen molar-refractivity contribution in [3.63, 3.8) is 0 Å². The van der Waals surface area contributed by atoms with Gasteiger partial charge in [0, 0.05) is 17.5 Å². The molecule has 1 heterocycles. The highest BCUT2D eigenvalue weighted by molar-refractivity contribution is 9.10. The smallest absolute Gasteiger partial charge is 0.145 e. The van der Waals surface area contributed by atoms with Crippen molar-refractivity contribution in [3.05, 3.63) is 40.5 Å². The molecule has 0 aliphatic heterocycles. The Bertz CT molecular complexity index is 656. The lowest BCUT2D eigenvalue weighted by Crippen LogP contribution is -2.17. The first-order valence-electron chi connectivity index (χ1n) is 6.45. The van der Waals surface area contributed by atoms with E-state index in [2.05, 4.69) is 31.2 Å². The molecule has 1 N–H and O–H groups in total. The normalized spacial score (nSPS) is 11.3. The van der Waals surface area contributed by atoms with Crippen LogP contribution in [0.5, 0.6) is 5.75 Å². The van der Waals surface area contributed by atoms with Crippen LogP contribution in [0.25, 0.3) is 0 Å². The number of hydrogen-bond acceptors (Lipinski definition) is 4. The first-order valence-corrected chi connectivity index (χ1v) is 7.24. The van der Waals surface area contributed by atoms with Crippen LogP contribution < -0.4 is 10.1 Å². The molecule has 1 aromatic carbocycles. The summed E-state index contributed by atoms with van der Waals surface area (Å²) < 4.78 is 19.1. The third kappa shape index (κ3) is 3.91. The molecular weight excluding hydrogens is 337 g/mol. The summed E-state index contributed by atoms with van der Waals surface area (Å²) in [5.74, 6) is 1.39. The van der Waals surface area contributed by atoms with E-state index in [0.29, 0.717) is 27.7 Å². The Kier molecular flexibility index (Phi) is 4.46. The second kappa shape index (κ2) is 5.97. The van der Waals surface area contributed by atoms with Gasteiger partial charge in [-0.2, -0.15) is 0 Å². The van der Waals surface area contributed by atoms with Gasteiger partial charge in [0.1, 0.15) is 27.8 Å². The van der Waals surface area contributed by atoms with E-state index < -0.39 is 0 Å². The number of hydrogen-bond donors (Lipinski definition) is 1. The maximum Gasteiger partial charge on any atom is 0.145 e. The molecular formula is C15H17BrFN3O. The molecule has 1 aromatic heterocycles. The number of rotatable bonds is 3. The summed E-state index contributed by atoms with van der Waals surface area (Å²) in [6.07, 6.45) is 0. The highest BCUT2D eigenvalue weighted by Crippen LogP contribution is 2.29. The quantitative estimate of drug-likeness (QED) is 0.829. The van der Waals surface area contributed by atoms with Crippen LogP contribution in [0.15, 0.2) is 28.9 Å². The van der Waals surface area contributed by atoms with Crippen LogP contribution in [0.1, 0.15) is 26.6 Å². The van der Waals surface area contributed by atoms with Gasteiger partial charge in [0.2, 0.25) is 0 Å². The summed E-state index contributed by atoms with van der Waals surface area (Å²) in [5, 5.41) is 3.13. The zero-order valence-corrected chi connectivity index (χ0v) is 14.0.